The number of rotatable bonds is 50. The lowest BCUT2D eigenvalue weighted by atomic mass is 10.0. The van der Waals surface area contributed by atoms with Crippen molar-refractivity contribution in [3.63, 3.8) is 0 Å². The third-order valence-electron chi connectivity index (χ3n) is 12.8. The highest BCUT2D eigenvalue weighted by atomic mass is 16.5. The zero-order valence-electron chi connectivity index (χ0n) is 41.3. The molecule has 362 valence electrons. The summed E-state index contributed by atoms with van der Waals surface area (Å²) in [6.45, 7) is 6.50. The summed E-state index contributed by atoms with van der Waals surface area (Å²) in [6.07, 6.45) is 55.6. The molecule has 0 aromatic carbocycles. The maximum Gasteiger partial charge on any atom is 0.306 e. The molecule has 0 saturated carbocycles. The summed E-state index contributed by atoms with van der Waals surface area (Å²) in [5.41, 5.74) is 0. The van der Waals surface area contributed by atoms with Gasteiger partial charge in [0, 0.05) is 6.42 Å². The summed E-state index contributed by atoms with van der Waals surface area (Å²) in [6, 6.07) is -0.696. The van der Waals surface area contributed by atoms with Gasteiger partial charge in [0.25, 0.3) is 0 Å². The molecule has 0 saturated heterocycles. The van der Waals surface area contributed by atoms with Crippen LogP contribution in [0.15, 0.2) is 12.2 Å². The van der Waals surface area contributed by atoms with Gasteiger partial charge < -0.3 is 20.3 Å². The number of hydrogen-bond acceptors (Lipinski definition) is 5. The second kappa shape index (κ2) is 49.6. The van der Waals surface area contributed by atoms with E-state index in [1.165, 1.54) is 205 Å². The highest BCUT2D eigenvalue weighted by molar-refractivity contribution is 5.77. The van der Waals surface area contributed by atoms with E-state index < -0.39 is 18.2 Å². The maximum absolute atomic E-state index is 13.2. The lowest BCUT2D eigenvalue weighted by Crippen LogP contribution is -2.46. The van der Waals surface area contributed by atoms with Crippen LogP contribution in [-0.4, -0.2) is 46.9 Å². The third-order valence-corrected chi connectivity index (χ3v) is 12.8. The average Bonchev–Trinajstić information content (AvgIpc) is 3.25. The van der Waals surface area contributed by atoms with Crippen molar-refractivity contribution in [2.75, 3.05) is 6.61 Å². The standard InChI is InChI=1S/C55H107NO5/c1-4-7-10-13-16-19-22-24-26-27-29-30-32-34-37-40-43-46-51(61-55(60)48-45-42-39-36-33-31-28-25-23-20-17-14-11-8-5-2)49-54(59)56-52(50-57)53(58)47-44-41-38-35-21-18-15-12-9-6-3/h24,26,51-53,57-58H,4-23,25,27-50H2,1-3H3,(H,56,59)/b26-24+. The Labute approximate surface area is 380 Å². The van der Waals surface area contributed by atoms with E-state index in [-0.39, 0.29) is 24.9 Å². The van der Waals surface area contributed by atoms with E-state index in [4.69, 9.17) is 4.74 Å². The van der Waals surface area contributed by atoms with Crippen molar-refractivity contribution in [1.82, 2.24) is 5.32 Å². The minimum absolute atomic E-state index is 0.0818. The number of carbonyl (C=O) groups excluding carboxylic acids is 2. The molecule has 0 aliphatic carbocycles. The van der Waals surface area contributed by atoms with Crippen molar-refractivity contribution < 1.29 is 24.5 Å². The molecule has 0 radical (unpaired) electrons. The van der Waals surface area contributed by atoms with Crippen LogP contribution >= 0.6 is 0 Å². The van der Waals surface area contributed by atoms with E-state index in [9.17, 15) is 19.8 Å². The molecule has 0 bridgehead atoms. The number of esters is 1. The smallest absolute Gasteiger partial charge is 0.306 e. The molecule has 6 heteroatoms. The van der Waals surface area contributed by atoms with Crippen molar-refractivity contribution in [3.8, 4) is 0 Å². The summed E-state index contributed by atoms with van der Waals surface area (Å²) in [5, 5.41) is 23.8. The van der Waals surface area contributed by atoms with Crippen molar-refractivity contribution in [3.05, 3.63) is 12.2 Å². The Kier molecular flexibility index (Phi) is 48.5. The fourth-order valence-electron chi connectivity index (χ4n) is 8.66. The van der Waals surface area contributed by atoms with E-state index in [1.807, 2.05) is 0 Å². The van der Waals surface area contributed by atoms with Gasteiger partial charge in [-0.25, -0.2) is 0 Å². The monoisotopic (exact) mass is 862 g/mol. The minimum atomic E-state index is -0.782. The molecule has 1 amide bonds. The number of aliphatic hydroxyl groups excluding tert-OH is 2. The number of carbonyl (C=O) groups is 2. The van der Waals surface area contributed by atoms with Gasteiger partial charge in [-0.3, -0.25) is 9.59 Å². The van der Waals surface area contributed by atoms with Gasteiger partial charge in [0.2, 0.25) is 5.91 Å². The summed E-state index contributed by atoms with van der Waals surface area (Å²) in [7, 11) is 0. The second-order valence-electron chi connectivity index (χ2n) is 19.0. The second-order valence-corrected chi connectivity index (χ2v) is 19.0. The summed E-state index contributed by atoms with van der Waals surface area (Å²) in [5.74, 6) is -0.458. The SMILES string of the molecule is CCCCCCCC/C=C/CCCCCCCCCC(CC(=O)NC(CO)C(O)CCCCCCCCCCCC)OC(=O)CCCCCCCCCCCCCCCCC. The number of amides is 1. The van der Waals surface area contributed by atoms with Gasteiger partial charge in [0.1, 0.15) is 6.10 Å². The van der Waals surface area contributed by atoms with E-state index in [0.29, 0.717) is 19.3 Å². The first-order valence-corrected chi connectivity index (χ1v) is 27.4. The van der Waals surface area contributed by atoms with Crippen LogP contribution < -0.4 is 5.32 Å². The molecule has 0 fully saturated rings. The largest absolute Gasteiger partial charge is 0.462 e. The Balaban J connectivity index is 4.53. The Morgan fingerprint density at radius 2 is 0.787 bits per heavy atom. The summed E-state index contributed by atoms with van der Waals surface area (Å²) < 4.78 is 5.95. The predicted octanol–water partition coefficient (Wildman–Crippen LogP) is 16.5. The first-order chi connectivity index (χ1) is 30.0. The molecule has 0 heterocycles. The topological polar surface area (TPSA) is 95.9 Å². The molecule has 3 N–H and O–H groups in total. The Hall–Kier alpha value is -1.40. The number of allylic oxidation sites excluding steroid dienone is 2. The quantitative estimate of drug-likeness (QED) is 0.0322. The van der Waals surface area contributed by atoms with Gasteiger partial charge >= 0.3 is 5.97 Å². The van der Waals surface area contributed by atoms with Crippen LogP contribution in [0.25, 0.3) is 0 Å². The van der Waals surface area contributed by atoms with Crippen LogP contribution in [0.2, 0.25) is 0 Å². The molecule has 0 rings (SSSR count). The first kappa shape index (κ1) is 59.6. The molecular formula is C55H107NO5. The number of unbranched alkanes of at least 4 members (excludes halogenated alkanes) is 36. The van der Waals surface area contributed by atoms with Crippen LogP contribution in [0.1, 0.15) is 303 Å². The fourth-order valence-corrected chi connectivity index (χ4v) is 8.66. The van der Waals surface area contributed by atoms with Gasteiger partial charge in [-0.15, -0.1) is 0 Å². The van der Waals surface area contributed by atoms with Gasteiger partial charge in [-0.2, -0.15) is 0 Å². The van der Waals surface area contributed by atoms with Crippen molar-refractivity contribution in [1.29, 1.82) is 0 Å². The number of hydrogen-bond donors (Lipinski definition) is 3. The van der Waals surface area contributed by atoms with Crippen molar-refractivity contribution in [2.45, 2.75) is 322 Å². The van der Waals surface area contributed by atoms with E-state index >= 15 is 0 Å². The third kappa shape index (κ3) is 45.0. The van der Waals surface area contributed by atoms with Gasteiger partial charge in [-0.05, 0) is 51.4 Å². The Morgan fingerprint density at radius 3 is 1.16 bits per heavy atom. The zero-order chi connectivity index (χ0) is 44.5. The Morgan fingerprint density at radius 1 is 0.459 bits per heavy atom. The van der Waals surface area contributed by atoms with Crippen LogP contribution in [0, 0.1) is 0 Å². The average molecular weight is 862 g/mol. The molecule has 3 unspecified atom stereocenters. The molecule has 0 aromatic heterocycles. The molecule has 0 aliphatic heterocycles. The number of nitrogens with one attached hydrogen (secondary N) is 1. The Bertz CT molecular complexity index is 924. The summed E-state index contributed by atoms with van der Waals surface area (Å²) in [4.78, 5) is 26.2. The highest BCUT2D eigenvalue weighted by Crippen LogP contribution is 2.19. The highest BCUT2D eigenvalue weighted by Gasteiger charge is 2.24. The molecule has 3 atom stereocenters. The molecule has 0 spiro atoms. The van der Waals surface area contributed by atoms with Crippen LogP contribution in [-0.2, 0) is 14.3 Å². The molecule has 0 aliphatic rings. The number of aliphatic hydroxyl groups is 2. The minimum Gasteiger partial charge on any atom is -0.462 e. The van der Waals surface area contributed by atoms with Crippen molar-refractivity contribution in [2.24, 2.45) is 0 Å². The molecule has 6 nitrogen and oxygen atoms in total. The lowest BCUT2D eigenvalue weighted by molar-refractivity contribution is -0.151. The van der Waals surface area contributed by atoms with Crippen molar-refractivity contribution >= 4 is 11.9 Å². The van der Waals surface area contributed by atoms with E-state index in [1.54, 1.807) is 0 Å². The van der Waals surface area contributed by atoms with Gasteiger partial charge in [0.05, 0.1) is 25.2 Å². The van der Waals surface area contributed by atoms with E-state index in [0.717, 1.165) is 51.4 Å². The van der Waals surface area contributed by atoms with Crippen LogP contribution in [0.4, 0.5) is 0 Å². The normalized spacial score (nSPS) is 13.2. The first-order valence-electron chi connectivity index (χ1n) is 27.4. The summed E-state index contributed by atoms with van der Waals surface area (Å²) >= 11 is 0. The predicted molar refractivity (Wildman–Crippen MR) is 264 cm³/mol. The van der Waals surface area contributed by atoms with Crippen LogP contribution in [0.5, 0.6) is 0 Å². The fraction of sp³-hybridized carbons (Fsp3) is 0.927. The number of ether oxygens (including phenoxy) is 1. The van der Waals surface area contributed by atoms with Gasteiger partial charge in [-0.1, -0.05) is 251 Å². The van der Waals surface area contributed by atoms with Gasteiger partial charge in [0.15, 0.2) is 0 Å². The van der Waals surface area contributed by atoms with E-state index in [2.05, 4.69) is 38.2 Å². The lowest BCUT2D eigenvalue weighted by Gasteiger charge is -2.24. The van der Waals surface area contributed by atoms with Crippen LogP contribution in [0.3, 0.4) is 0 Å². The molecule has 61 heavy (non-hydrogen) atoms. The zero-order valence-corrected chi connectivity index (χ0v) is 41.3. The molecular weight excluding hydrogens is 755 g/mol. The molecule has 0 aromatic rings. The maximum atomic E-state index is 13.2.